The first-order valence-electron chi connectivity index (χ1n) is 6.49. The van der Waals surface area contributed by atoms with Crippen LogP contribution < -0.4 is 0 Å². The monoisotopic (exact) mass is 279 g/mol. The highest BCUT2D eigenvalue weighted by atomic mass is 19.2. The lowest BCUT2D eigenvalue weighted by molar-refractivity contribution is -0.0147. The molecule has 0 unspecified atom stereocenters. The fourth-order valence-corrected chi connectivity index (χ4v) is 2.46. The van der Waals surface area contributed by atoms with Gasteiger partial charge in [-0.1, -0.05) is 12.1 Å². The Kier molecular flexibility index (Phi) is 3.75. The summed E-state index contributed by atoms with van der Waals surface area (Å²) in [6.07, 6.45) is 1.67. The normalized spacial score (nSPS) is 20.2. The summed E-state index contributed by atoms with van der Waals surface area (Å²) in [6, 6.07) is 6.12. The van der Waals surface area contributed by atoms with Crippen LogP contribution in [-0.4, -0.2) is 34.9 Å². The van der Waals surface area contributed by atoms with Gasteiger partial charge in [0.05, 0.1) is 24.9 Å². The van der Waals surface area contributed by atoms with Crippen LogP contribution in [-0.2, 0) is 11.3 Å². The number of H-pyrrole nitrogens is 1. The smallest absolute Gasteiger partial charge is 0.163 e. The van der Waals surface area contributed by atoms with Crippen molar-refractivity contribution in [1.82, 2.24) is 15.1 Å². The average Bonchev–Trinajstić information content (AvgIpc) is 2.98. The number of rotatable bonds is 3. The maximum atomic E-state index is 13.8. The van der Waals surface area contributed by atoms with Crippen LogP contribution in [0.3, 0.4) is 0 Å². The van der Waals surface area contributed by atoms with Gasteiger partial charge in [-0.25, -0.2) is 8.78 Å². The molecule has 0 saturated carbocycles. The van der Waals surface area contributed by atoms with Crippen LogP contribution in [0.5, 0.6) is 0 Å². The van der Waals surface area contributed by atoms with Crippen LogP contribution in [0.15, 0.2) is 30.5 Å². The molecule has 20 heavy (non-hydrogen) atoms. The van der Waals surface area contributed by atoms with Gasteiger partial charge in [0.25, 0.3) is 0 Å². The second-order valence-electron chi connectivity index (χ2n) is 4.79. The minimum absolute atomic E-state index is 0.0195. The van der Waals surface area contributed by atoms with E-state index in [-0.39, 0.29) is 6.04 Å². The molecule has 0 spiro atoms. The zero-order valence-electron chi connectivity index (χ0n) is 10.9. The summed E-state index contributed by atoms with van der Waals surface area (Å²) in [5.41, 5.74) is 1.28. The average molecular weight is 279 g/mol. The van der Waals surface area contributed by atoms with E-state index in [0.717, 1.165) is 11.8 Å². The van der Waals surface area contributed by atoms with Gasteiger partial charge in [-0.2, -0.15) is 5.10 Å². The fraction of sp³-hybridized carbons (Fsp3) is 0.357. The molecule has 2 heterocycles. The van der Waals surface area contributed by atoms with Crippen molar-refractivity contribution in [3.63, 3.8) is 0 Å². The Bertz CT molecular complexity index is 574. The van der Waals surface area contributed by atoms with Crippen molar-refractivity contribution in [2.45, 2.75) is 12.6 Å². The molecular formula is C14H15F2N3O. The van der Waals surface area contributed by atoms with Crippen molar-refractivity contribution < 1.29 is 13.5 Å². The summed E-state index contributed by atoms with van der Waals surface area (Å²) in [5, 5.41) is 6.84. The van der Waals surface area contributed by atoms with Gasteiger partial charge < -0.3 is 4.74 Å². The van der Waals surface area contributed by atoms with E-state index in [0.29, 0.717) is 31.9 Å². The molecular weight excluding hydrogens is 264 g/mol. The number of aromatic amines is 1. The first-order chi connectivity index (χ1) is 9.75. The Hall–Kier alpha value is -1.79. The zero-order valence-corrected chi connectivity index (χ0v) is 10.9. The third kappa shape index (κ3) is 2.57. The largest absolute Gasteiger partial charge is 0.378 e. The van der Waals surface area contributed by atoms with E-state index in [2.05, 4.69) is 15.1 Å². The van der Waals surface area contributed by atoms with Gasteiger partial charge in [0.15, 0.2) is 11.6 Å². The maximum absolute atomic E-state index is 13.8. The Morgan fingerprint density at radius 2 is 2.25 bits per heavy atom. The van der Waals surface area contributed by atoms with E-state index in [1.54, 1.807) is 12.3 Å². The predicted octanol–water partition coefficient (Wildman–Crippen LogP) is 2.26. The molecule has 1 aromatic carbocycles. The van der Waals surface area contributed by atoms with E-state index in [9.17, 15) is 8.78 Å². The molecule has 1 atom stereocenters. The maximum Gasteiger partial charge on any atom is 0.163 e. The number of nitrogens with one attached hydrogen (secondary N) is 1. The van der Waals surface area contributed by atoms with Gasteiger partial charge in [0.2, 0.25) is 0 Å². The molecule has 3 rings (SSSR count). The molecule has 4 nitrogen and oxygen atoms in total. The molecule has 1 aliphatic rings. The molecule has 1 aromatic heterocycles. The van der Waals surface area contributed by atoms with Crippen molar-refractivity contribution in [2.24, 2.45) is 0 Å². The van der Waals surface area contributed by atoms with Crippen LogP contribution in [0, 0.1) is 11.6 Å². The van der Waals surface area contributed by atoms with Crippen molar-refractivity contribution in [3.8, 4) is 0 Å². The molecule has 0 aliphatic carbocycles. The van der Waals surface area contributed by atoms with Gasteiger partial charge in [0, 0.05) is 24.8 Å². The SMILES string of the molecule is Fc1cccc(CN2CCOC[C@@H]2c2ccn[nH]2)c1F. The lowest BCUT2D eigenvalue weighted by Crippen LogP contribution is -2.39. The number of benzene rings is 1. The standard InChI is InChI=1S/C14H15F2N3O/c15-11-3-1-2-10(14(11)16)8-19-6-7-20-9-13(19)12-4-5-17-18-12/h1-5,13H,6-9H2,(H,17,18)/t13-/m1/s1. The molecule has 1 fully saturated rings. The Balaban J connectivity index is 1.82. The molecule has 0 amide bonds. The minimum atomic E-state index is -0.811. The summed E-state index contributed by atoms with van der Waals surface area (Å²) in [6.45, 7) is 2.11. The third-order valence-electron chi connectivity index (χ3n) is 3.53. The summed E-state index contributed by atoms with van der Waals surface area (Å²) >= 11 is 0. The Labute approximate surface area is 115 Å². The van der Waals surface area contributed by atoms with Crippen LogP contribution in [0.4, 0.5) is 8.78 Å². The van der Waals surface area contributed by atoms with Crippen molar-refractivity contribution in [3.05, 3.63) is 53.4 Å². The van der Waals surface area contributed by atoms with Crippen LogP contribution >= 0.6 is 0 Å². The number of hydrogen-bond acceptors (Lipinski definition) is 3. The number of morpholine rings is 1. The fourth-order valence-electron chi connectivity index (χ4n) is 2.46. The molecule has 1 saturated heterocycles. The molecule has 106 valence electrons. The van der Waals surface area contributed by atoms with Crippen molar-refractivity contribution in [1.29, 1.82) is 0 Å². The summed E-state index contributed by atoms with van der Waals surface area (Å²) in [5.74, 6) is -1.59. The lowest BCUT2D eigenvalue weighted by Gasteiger charge is -2.34. The van der Waals surface area contributed by atoms with Gasteiger partial charge in [-0.15, -0.1) is 0 Å². The third-order valence-corrected chi connectivity index (χ3v) is 3.53. The number of ether oxygens (including phenoxy) is 1. The van der Waals surface area contributed by atoms with E-state index in [4.69, 9.17) is 4.74 Å². The summed E-state index contributed by atoms with van der Waals surface area (Å²) in [4.78, 5) is 2.06. The number of nitrogens with zero attached hydrogens (tertiary/aromatic N) is 2. The molecule has 2 aromatic rings. The van der Waals surface area contributed by atoms with Crippen molar-refractivity contribution >= 4 is 0 Å². The highest BCUT2D eigenvalue weighted by molar-refractivity contribution is 5.19. The number of halogens is 2. The van der Waals surface area contributed by atoms with E-state index in [1.807, 2.05) is 6.07 Å². The van der Waals surface area contributed by atoms with Crippen LogP contribution in [0.25, 0.3) is 0 Å². The lowest BCUT2D eigenvalue weighted by atomic mass is 10.1. The molecule has 1 aliphatic heterocycles. The second kappa shape index (κ2) is 5.68. The van der Waals surface area contributed by atoms with Crippen LogP contribution in [0.2, 0.25) is 0 Å². The minimum Gasteiger partial charge on any atom is -0.378 e. The van der Waals surface area contributed by atoms with E-state index in [1.165, 1.54) is 6.07 Å². The van der Waals surface area contributed by atoms with Gasteiger partial charge in [0.1, 0.15) is 0 Å². The molecule has 0 radical (unpaired) electrons. The first kappa shape index (κ1) is 13.2. The topological polar surface area (TPSA) is 41.1 Å². The highest BCUT2D eigenvalue weighted by Crippen LogP contribution is 2.25. The molecule has 1 N–H and O–H groups in total. The van der Waals surface area contributed by atoms with Gasteiger partial charge in [-0.05, 0) is 12.1 Å². The van der Waals surface area contributed by atoms with Crippen molar-refractivity contribution in [2.75, 3.05) is 19.8 Å². The quantitative estimate of drug-likeness (QED) is 0.937. The molecule has 6 heteroatoms. The second-order valence-corrected chi connectivity index (χ2v) is 4.79. The highest BCUT2D eigenvalue weighted by Gasteiger charge is 2.26. The number of aromatic nitrogens is 2. The van der Waals surface area contributed by atoms with Crippen LogP contribution in [0.1, 0.15) is 17.3 Å². The first-order valence-corrected chi connectivity index (χ1v) is 6.49. The zero-order chi connectivity index (χ0) is 13.9. The van der Waals surface area contributed by atoms with E-state index >= 15 is 0 Å². The predicted molar refractivity (Wildman–Crippen MR) is 68.9 cm³/mol. The Morgan fingerprint density at radius 3 is 3.05 bits per heavy atom. The van der Waals surface area contributed by atoms with Gasteiger partial charge >= 0.3 is 0 Å². The summed E-state index contributed by atoms with van der Waals surface area (Å²) in [7, 11) is 0. The van der Waals surface area contributed by atoms with Gasteiger partial charge in [-0.3, -0.25) is 10.00 Å². The number of hydrogen-bond donors (Lipinski definition) is 1. The van der Waals surface area contributed by atoms with E-state index < -0.39 is 11.6 Å². The summed E-state index contributed by atoms with van der Waals surface area (Å²) < 4.78 is 32.5. The Morgan fingerprint density at radius 1 is 1.35 bits per heavy atom. The molecule has 0 bridgehead atoms.